The second kappa shape index (κ2) is 13.4. The molecule has 4 fully saturated rings. The van der Waals surface area contributed by atoms with Crippen LogP contribution in [0.4, 0.5) is 8.78 Å². The summed E-state index contributed by atoms with van der Waals surface area (Å²) in [6, 6.07) is 6.25. The number of benzene rings is 1. The van der Waals surface area contributed by atoms with Crippen LogP contribution in [0, 0.1) is 5.92 Å². The second-order valence-electron chi connectivity index (χ2n) is 14.5. The van der Waals surface area contributed by atoms with Gasteiger partial charge in [0.25, 0.3) is 0 Å². The van der Waals surface area contributed by atoms with Crippen molar-refractivity contribution in [1.82, 2.24) is 24.5 Å². The van der Waals surface area contributed by atoms with Crippen LogP contribution in [-0.2, 0) is 14.4 Å². The van der Waals surface area contributed by atoms with Crippen molar-refractivity contribution in [2.75, 3.05) is 52.4 Å². The van der Waals surface area contributed by atoms with Crippen LogP contribution in [0.1, 0.15) is 78.2 Å². The Morgan fingerprint density at radius 3 is 2.11 bits per heavy atom. The van der Waals surface area contributed by atoms with Gasteiger partial charge in [-0.05, 0) is 64.3 Å². The summed E-state index contributed by atoms with van der Waals surface area (Å²) >= 11 is 6.21. The third-order valence-electron chi connectivity index (χ3n) is 10.7. The number of carbonyl (C=O) groups is 3. The fraction of sp³-hybridized carbons (Fsp3) is 0.735. The first kappa shape index (κ1) is 34.0. The number of carbonyl (C=O) groups excluding carboxylic acids is 3. The highest BCUT2D eigenvalue weighted by molar-refractivity contribution is 6.30. The Kier molecular flexibility index (Phi) is 10.2. The van der Waals surface area contributed by atoms with Crippen LogP contribution < -0.4 is 0 Å². The lowest BCUT2D eigenvalue weighted by Gasteiger charge is -2.39. The summed E-state index contributed by atoms with van der Waals surface area (Å²) in [5.74, 6) is -3.51. The predicted molar refractivity (Wildman–Crippen MR) is 171 cm³/mol. The number of halogens is 3. The minimum atomic E-state index is -2.71. The van der Waals surface area contributed by atoms with Crippen molar-refractivity contribution >= 4 is 29.3 Å². The SMILES string of the molecule is CCN1CCN(C(=O)[C@@H]2CC(N(C(C)=O)C3CCC(F)(F)CC3)CN2C(=O)[C@@H]2CN(C(C)(C)C)C[C@H]2c2ccc(Cl)cc2)CC1. The molecule has 1 aromatic carbocycles. The van der Waals surface area contributed by atoms with Crippen LogP contribution >= 0.6 is 11.6 Å². The number of alkyl halides is 2. The van der Waals surface area contributed by atoms with Crippen molar-refractivity contribution in [1.29, 1.82) is 0 Å². The minimum absolute atomic E-state index is 0.0750. The van der Waals surface area contributed by atoms with Gasteiger partial charge in [-0.1, -0.05) is 30.7 Å². The van der Waals surface area contributed by atoms with E-state index in [4.69, 9.17) is 11.6 Å². The highest BCUT2D eigenvalue weighted by Gasteiger charge is 2.51. The molecule has 11 heteroatoms. The number of nitrogens with zero attached hydrogens (tertiary/aromatic N) is 5. The zero-order valence-corrected chi connectivity index (χ0v) is 28.2. The number of piperazine rings is 1. The molecule has 4 aliphatic rings. The Balaban J connectivity index is 1.45. The van der Waals surface area contributed by atoms with E-state index in [0.717, 1.165) is 25.2 Å². The number of likely N-dealkylation sites (N-methyl/N-ethyl adjacent to an activating group) is 1. The second-order valence-corrected chi connectivity index (χ2v) is 14.9. The van der Waals surface area contributed by atoms with Crippen molar-refractivity contribution in [3.05, 3.63) is 34.9 Å². The summed E-state index contributed by atoms with van der Waals surface area (Å²) in [5.41, 5.74) is 0.878. The Morgan fingerprint density at radius 2 is 1.56 bits per heavy atom. The fourth-order valence-electron chi connectivity index (χ4n) is 7.97. The molecule has 5 rings (SSSR count). The zero-order chi connectivity index (χ0) is 32.7. The summed E-state index contributed by atoms with van der Waals surface area (Å²) < 4.78 is 28.2. The number of amides is 3. The van der Waals surface area contributed by atoms with Gasteiger partial charge in [-0.2, -0.15) is 0 Å². The van der Waals surface area contributed by atoms with Crippen molar-refractivity contribution in [2.24, 2.45) is 5.92 Å². The molecule has 1 aromatic rings. The number of hydrogen-bond donors (Lipinski definition) is 0. The molecule has 3 amide bonds. The summed E-state index contributed by atoms with van der Waals surface area (Å²) in [6.07, 6.45) is 0.252. The monoisotopic (exact) mass is 649 g/mol. The van der Waals surface area contributed by atoms with Gasteiger partial charge >= 0.3 is 0 Å². The first-order valence-electron chi connectivity index (χ1n) is 16.7. The lowest BCUT2D eigenvalue weighted by atomic mass is 9.87. The Bertz CT molecular complexity index is 1220. The van der Waals surface area contributed by atoms with Gasteiger partial charge in [0, 0.05) is 88.1 Å². The average Bonchev–Trinajstić information content (AvgIpc) is 3.64. The lowest BCUT2D eigenvalue weighted by molar-refractivity contribution is -0.147. The first-order valence-corrected chi connectivity index (χ1v) is 17.0. The molecule has 0 aromatic heterocycles. The molecule has 0 bridgehead atoms. The molecule has 1 saturated carbocycles. The van der Waals surface area contributed by atoms with Crippen molar-refractivity contribution in [3.63, 3.8) is 0 Å². The van der Waals surface area contributed by atoms with Crippen LogP contribution in [0.5, 0.6) is 0 Å². The van der Waals surface area contributed by atoms with E-state index in [1.807, 2.05) is 29.2 Å². The molecule has 1 unspecified atom stereocenters. The highest BCUT2D eigenvalue weighted by Crippen LogP contribution is 2.41. The van der Waals surface area contributed by atoms with E-state index in [9.17, 15) is 23.2 Å². The van der Waals surface area contributed by atoms with Gasteiger partial charge in [0.05, 0.1) is 12.0 Å². The molecule has 0 radical (unpaired) electrons. The third kappa shape index (κ3) is 7.49. The van der Waals surface area contributed by atoms with E-state index >= 15 is 0 Å². The molecular weight excluding hydrogens is 600 g/mol. The van der Waals surface area contributed by atoms with E-state index in [0.29, 0.717) is 37.6 Å². The molecule has 1 aliphatic carbocycles. The quantitative estimate of drug-likeness (QED) is 0.447. The summed E-state index contributed by atoms with van der Waals surface area (Å²) in [6.45, 7) is 15.2. The van der Waals surface area contributed by atoms with Gasteiger partial charge in [-0.3, -0.25) is 19.3 Å². The van der Waals surface area contributed by atoms with E-state index in [1.165, 1.54) is 6.92 Å². The van der Waals surface area contributed by atoms with E-state index in [2.05, 4.69) is 37.5 Å². The van der Waals surface area contributed by atoms with Crippen LogP contribution in [-0.4, -0.2) is 124 Å². The molecule has 3 saturated heterocycles. The lowest BCUT2D eigenvalue weighted by Crippen LogP contribution is -2.55. The molecule has 250 valence electrons. The summed E-state index contributed by atoms with van der Waals surface area (Å²) in [4.78, 5) is 52.1. The van der Waals surface area contributed by atoms with Crippen LogP contribution in [0.3, 0.4) is 0 Å². The number of hydrogen-bond acceptors (Lipinski definition) is 5. The molecular formula is C34H50ClF2N5O3. The Hall–Kier alpha value is -2.30. The molecule has 45 heavy (non-hydrogen) atoms. The Morgan fingerprint density at radius 1 is 0.933 bits per heavy atom. The predicted octanol–water partition coefficient (Wildman–Crippen LogP) is 4.71. The van der Waals surface area contributed by atoms with Crippen molar-refractivity contribution < 1.29 is 23.2 Å². The molecule has 3 heterocycles. The van der Waals surface area contributed by atoms with E-state index in [-0.39, 0.29) is 73.4 Å². The van der Waals surface area contributed by atoms with Gasteiger partial charge in [0.2, 0.25) is 23.6 Å². The standard InChI is InChI=1S/C34H50ClF2N5O3/c1-6-38-15-17-39(18-16-38)32(45)30-19-27(42(23(2)43)26-11-13-34(36,37)14-12-26)20-41(30)31(44)29-22-40(33(3,4)5)21-28(29)24-7-9-25(35)10-8-24/h7-10,26-30H,6,11-22H2,1-5H3/t27?,28-,29+,30-/m0/s1. The van der Waals surface area contributed by atoms with Crippen LogP contribution in [0.15, 0.2) is 24.3 Å². The van der Waals surface area contributed by atoms with E-state index < -0.39 is 18.0 Å². The average molecular weight is 650 g/mol. The normalized spacial score (nSPS) is 28.4. The smallest absolute Gasteiger partial charge is 0.248 e. The van der Waals surface area contributed by atoms with E-state index in [1.54, 1.807) is 9.80 Å². The van der Waals surface area contributed by atoms with Gasteiger partial charge < -0.3 is 19.6 Å². The van der Waals surface area contributed by atoms with Gasteiger partial charge in [0.15, 0.2) is 0 Å². The maximum absolute atomic E-state index is 14.8. The van der Waals surface area contributed by atoms with Crippen LogP contribution in [0.25, 0.3) is 0 Å². The first-order chi connectivity index (χ1) is 21.2. The molecule has 4 atom stereocenters. The van der Waals surface area contributed by atoms with Crippen molar-refractivity contribution in [2.45, 2.75) is 102 Å². The third-order valence-corrected chi connectivity index (χ3v) is 11.0. The largest absolute Gasteiger partial charge is 0.338 e. The molecule has 8 nitrogen and oxygen atoms in total. The van der Waals surface area contributed by atoms with Gasteiger partial charge in [0.1, 0.15) is 6.04 Å². The van der Waals surface area contributed by atoms with Crippen LogP contribution in [0.2, 0.25) is 5.02 Å². The fourth-order valence-corrected chi connectivity index (χ4v) is 8.09. The maximum atomic E-state index is 14.8. The maximum Gasteiger partial charge on any atom is 0.248 e. The minimum Gasteiger partial charge on any atom is -0.338 e. The number of likely N-dealkylation sites (tertiary alicyclic amines) is 2. The van der Waals surface area contributed by atoms with Gasteiger partial charge in [-0.15, -0.1) is 0 Å². The zero-order valence-electron chi connectivity index (χ0n) is 27.5. The topological polar surface area (TPSA) is 67.4 Å². The number of rotatable bonds is 6. The van der Waals surface area contributed by atoms with Gasteiger partial charge in [-0.25, -0.2) is 8.78 Å². The summed E-state index contributed by atoms with van der Waals surface area (Å²) in [5, 5.41) is 0.633. The molecule has 3 aliphatic heterocycles. The summed E-state index contributed by atoms with van der Waals surface area (Å²) in [7, 11) is 0. The Labute approximate surface area is 272 Å². The highest BCUT2D eigenvalue weighted by atomic mass is 35.5. The molecule has 0 N–H and O–H groups in total. The molecule has 0 spiro atoms. The van der Waals surface area contributed by atoms with Crippen molar-refractivity contribution in [3.8, 4) is 0 Å².